The van der Waals surface area contributed by atoms with Crippen LogP contribution in [-0.4, -0.2) is 14.5 Å². The molecule has 0 aliphatic carbocycles. The number of hydrogen-bond donors (Lipinski definition) is 1. The largest absolute Gasteiger partial charge is 0.383 e. The molecule has 0 saturated heterocycles. The van der Waals surface area contributed by atoms with Crippen LogP contribution < -0.4 is 5.73 Å². The summed E-state index contributed by atoms with van der Waals surface area (Å²) in [5.74, 6) is 0.343. The molecule has 0 amide bonds. The van der Waals surface area contributed by atoms with Gasteiger partial charge in [-0.25, -0.2) is 9.97 Å². The highest BCUT2D eigenvalue weighted by Crippen LogP contribution is 2.24. The molecular weight excluding hydrogens is 250 g/mol. The van der Waals surface area contributed by atoms with Crippen molar-refractivity contribution < 1.29 is 0 Å². The first-order valence-corrected chi connectivity index (χ1v) is 6.24. The van der Waals surface area contributed by atoms with Crippen LogP contribution in [0.15, 0.2) is 36.8 Å². The zero-order valence-electron chi connectivity index (χ0n) is 11.0. The maximum atomic E-state index is 9.22. The second-order valence-corrected chi connectivity index (χ2v) is 4.67. The Labute approximate surface area is 116 Å². The standard InChI is InChI=1S/C15H13N5/c1-10-4-2-3-5-11(10)7-20-8-12(6-16)13-14(17)18-9-19-15(13)20/h2-5,8-9H,7H2,1H3,(H2,17,18,19). The van der Waals surface area contributed by atoms with Crippen LogP contribution in [-0.2, 0) is 6.54 Å². The molecule has 3 rings (SSSR count). The first kappa shape index (κ1) is 12.2. The van der Waals surface area contributed by atoms with E-state index in [1.807, 2.05) is 16.7 Å². The first-order chi connectivity index (χ1) is 9.70. The average molecular weight is 263 g/mol. The molecule has 98 valence electrons. The lowest BCUT2D eigenvalue weighted by molar-refractivity contribution is 0.817. The van der Waals surface area contributed by atoms with E-state index in [1.54, 1.807) is 6.20 Å². The number of nitriles is 1. The number of fused-ring (bicyclic) bond motifs is 1. The molecule has 0 aliphatic heterocycles. The van der Waals surface area contributed by atoms with E-state index >= 15 is 0 Å². The van der Waals surface area contributed by atoms with E-state index < -0.39 is 0 Å². The summed E-state index contributed by atoms with van der Waals surface area (Å²) in [5.41, 5.74) is 9.44. The van der Waals surface area contributed by atoms with E-state index in [2.05, 4.69) is 35.1 Å². The predicted octanol–water partition coefficient (Wildman–Crippen LogP) is 2.24. The van der Waals surface area contributed by atoms with Crippen molar-refractivity contribution in [3.8, 4) is 6.07 Å². The summed E-state index contributed by atoms with van der Waals surface area (Å²) >= 11 is 0. The molecule has 0 fully saturated rings. The van der Waals surface area contributed by atoms with Crippen molar-refractivity contribution in [1.82, 2.24) is 14.5 Å². The SMILES string of the molecule is Cc1ccccc1Cn1cc(C#N)c2c(N)ncnc21. The number of rotatable bonds is 2. The molecule has 5 nitrogen and oxygen atoms in total. The number of hydrogen-bond acceptors (Lipinski definition) is 4. The Balaban J connectivity index is 2.16. The molecular formula is C15H13N5. The molecule has 20 heavy (non-hydrogen) atoms. The molecule has 2 heterocycles. The number of aryl methyl sites for hydroxylation is 1. The number of nitrogens with two attached hydrogens (primary N) is 1. The van der Waals surface area contributed by atoms with Crippen molar-refractivity contribution in [2.24, 2.45) is 0 Å². The summed E-state index contributed by atoms with van der Waals surface area (Å²) in [5, 5.41) is 9.85. The van der Waals surface area contributed by atoms with Gasteiger partial charge < -0.3 is 10.3 Å². The molecule has 0 radical (unpaired) electrons. The molecule has 3 aromatic rings. The maximum absolute atomic E-state index is 9.22. The first-order valence-electron chi connectivity index (χ1n) is 6.24. The predicted molar refractivity (Wildman–Crippen MR) is 76.9 cm³/mol. The van der Waals surface area contributed by atoms with Crippen molar-refractivity contribution in [1.29, 1.82) is 5.26 Å². The fraction of sp³-hybridized carbons (Fsp3) is 0.133. The van der Waals surface area contributed by atoms with E-state index in [-0.39, 0.29) is 0 Å². The second-order valence-electron chi connectivity index (χ2n) is 4.67. The van der Waals surface area contributed by atoms with E-state index in [1.165, 1.54) is 17.5 Å². The third kappa shape index (κ3) is 1.88. The van der Waals surface area contributed by atoms with E-state index in [0.29, 0.717) is 29.0 Å². The van der Waals surface area contributed by atoms with E-state index in [4.69, 9.17) is 5.73 Å². The number of anilines is 1. The van der Waals surface area contributed by atoms with Gasteiger partial charge in [-0.2, -0.15) is 5.26 Å². The number of benzene rings is 1. The minimum absolute atomic E-state index is 0.343. The fourth-order valence-corrected chi connectivity index (χ4v) is 2.32. The van der Waals surface area contributed by atoms with Crippen molar-refractivity contribution in [2.75, 3.05) is 5.73 Å². The van der Waals surface area contributed by atoms with Crippen LogP contribution in [0.25, 0.3) is 11.0 Å². The van der Waals surface area contributed by atoms with Gasteiger partial charge in [-0.05, 0) is 18.1 Å². The lowest BCUT2D eigenvalue weighted by atomic mass is 10.1. The number of nitrogen functional groups attached to an aromatic ring is 1. The molecule has 0 spiro atoms. The molecule has 2 N–H and O–H groups in total. The van der Waals surface area contributed by atoms with Crippen LogP contribution >= 0.6 is 0 Å². The molecule has 1 aromatic carbocycles. The number of nitrogens with zero attached hydrogens (tertiary/aromatic N) is 4. The van der Waals surface area contributed by atoms with Crippen molar-refractivity contribution in [2.45, 2.75) is 13.5 Å². The highest BCUT2D eigenvalue weighted by atomic mass is 15.1. The van der Waals surface area contributed by atoms with Gasteiger partial charge in [0.2, 0.25) is 0 Å². The van der Waals surface area contributed by atoms with Crippen LogP contribution in [0, 0.1) is 18.3 Å². The van der Waals surface area contributed by atoms with Gasteiger partial charge >= 0.3 is 0 Å². The Morgan fingerprint density at radius 2 is 2.10 bits per heavy atom. The van der Waals surface area contributed by atoms with Crippen LogP contribution in [0.3, 0.4) is 0 Å². The highest BCUT2D eigenvalue weighted by Gasteiger charge is 2.13. The van der Waals surface area contributed by atoms with Crippen molar-refractivity contribution in [3.05, 3.63) is 53.5 Å². The lowest BCUT2D eigenvalue weighted by Crippen LogP contribution is -2.01. The Kier molecular flexibility index (Phi) is 2.84. The van der Waals surface area contributed by atoms with Gasteiger partial charge in [-0.15, -0.1) is 0 Å². The summed E-state index contributed by atoms with van der Waals surface area (Å²) in [6, 6.07) is 10.3. The second kappa shape index (κ2) is 4.67. The van der Waals surface area contributed by atoms with Crippen LogP contribution in [0.5, 0.6) is 0 Å². The van der Waals surface area contributed by atoms with Gasteiger partial charge in [-0.1, -0.05) is 24.3 Å². The Bertz CT molecular complexity index is 826. The smallest absolute Gasteiger partial charge is 0.147 e. The molecule has 0 atom stereocenters. The Morgan fingerprint density at radius 1 is 1.30 bits per heavy atom. The summed E-state index contributed by atoms with van der Waals surface area (Å²) in [6.07, 6.45) is 3.20. The quantitative estimate of drug-likeness (QED) is 0.768. The van der Waals surface area contributed by atoms with E-state index in [0.717, 1.165) is 0 Å². The minimum atomic E-state index is 0.343. The maximum Gasteiger partial charge on any atom is 0.147 e. The third-order valence-electron chi connectivity index (χ3n) is 3.41. The molecule has 5 heteroatoms. The van der Waals surface area contributed by atoms with Crippen LogP contribution in [0.1, 0.15) is 16.7 Å². The number of aromatic nitrogens is 3. The highest BCUT2D eigenvalue weighted by molar-refractivity contribution is 5.91. The Hall–Kier alpha value is -2.87. The fourth-order valence-electron chi connectivity index (χ4n) is 2.32. The Morgan fingerprint density at radius 3 is 2.85 bits per heavy atom. The molecule has 0 bridgehead atoms. The van der Waals surface area contributed by atoms with Gasteiger partial charge in [0, 0.05) is 12.7 Å². The summed E-state index contributed by atoms with van der Waals surface area (Å²) in [7, 11) is 0. The summed E-state index contributed by atoms with van der Waals surface area (Å²) < 4.78 is 1.94. The van der Waals surface area contributed by atoms with Crippen LogP contribution in [0.2, 0.25) is 0 Å². The topological polar surface area (TPSA) is 80.5 Å². The summed E-state index contributed by atoms with van der Waals surface area (Å²) in [6.45, 7) is 2.72. The molecule has 0 unspecified atom stereocenters. The zero-order chi connectivity index (χ0) is 14.1. The van der Waals surface area contributed by atoms with Gasteiger partial charge in [0.05, 0.1) is 10.9 Å². The zero-order valence-corrected chi connectivity index (χ0v) is 11.0. The molecule has 2 aromatic heterocycles. The average Bonchev–Trinajstić information content (AvgIpc) is 2.81. The van der Waals surface area contributed by atoms with Gasteiger partial charge in [0.25, 0.3) is 0 Å². The van der Waals surface area contributed by atoms with Gasteiger partial charge in [0.1, 0.15) is 23.9 Å². The van der Waals surface area contributed by atoms with Crippen molar-refractivity contribution >= 4 is 16.9 Å². The molecule has 0 aliphatic rings. The third-order valence-corrected chi connectivity index (χ3v) is 3.41. The van der Waals surface area contributed by atoms with Crippen LogP contribution in [0.4, 0.5) is 5.82 Å². The minimum Gasteiger partial charge on any atom is -0.383 e. The van der Waals surface area contributed by atoms with E-state index in [9.17, 15) is 5.26 Å². The lowest BCUT2D eigenvalue weighted by Gasteiger charge is -2.07. The van der Waals surface area contributed by atoms with Gasteiger partial charge in [-0.3, -0.25) is 0 Å². The normalized spacial score (nSPS) is 10.6. The van der Waals surface area contributed by atoms with Crippen molar-refractivity contribution in [3.63, 3.8) is 0 Å². The monoisotopic (exact) mass is 263 g/mol. The van der Waals surface area contributed by atoms with Gasteiger partial charge in [0.15, 0.2) is 0 Å². The summed E-state index contributed by atoms with van der Waals surface area (Å²) in [4.78, 5) is 8.21. The molecule has 0 saturated carbocycles.